The maximum Gasteiger partial charge on any atom is 0.408 e. The minimum absolute atomic E-state index is 0.0148. The van der Waals surface area contributed by atoms with Gasteiger partial charge in [-0.3, -0.25) is 14.6 Å². The zero-order valence-corrected chi connectivity index (χ0v) is 25.3. The standard InChI is InChI=1S/C28H28Cl2F4N2O5.C2H6/c29-18-7-17(8-19(30)9-18)25(28(32,33)34)35-5-3-15(4-6-35)12-41-24-11-22(31)21(10-20(24)16-1-2-16)26(37)36-14-40-13-23(36)27(38)39;1-2/h7-11,15-16,23,25H,1-6,12-14H2,(H,38,39);1-2H3/t23-,25?;/m0./s1. The number of carbonyl (C=O) groups excluding carboxylic acids is 1. The van der Waals surface area contributed by atoms with Gasteiger partial charge in [0.05, 0.1) is 18.8 Å². The Morgan fingerprint density at radius 2 is 1.67 bits per heavy atom. The van der Waals surface area contributed by atoms with E-state index in [1.54, 1.807) is 0 Å². The first-order valence-electron chi connectivity index (χ1n) is 14.3. The maximum absolute atomic E-state index is 15.1. The summed E-state index contributed by atoms with van der Waals surface area (Å²) in [7, 11) is 0. The van der Waals surface area contributed by atoms with Gasteiger partial charge in [-0.15, -0.1) is 0 Å². The zero-order valence-electron chi connectivity index (χ0n) is 23.8. The zero-order chi connectivity index (χ0) is 31.5. The van der Waals surface area contributed by atoms with Crippen molar-refractivity contribution in [3.63, 3.8) is 0 Å². The lowest BCUT2D eigenvalue weighted by molar-refractivity contribution is -0.190. The van der Waals surface area contributed by atoms with Crippen molar-refractivity contribution in [2.24, 2.45) is 5.92 Å². The fraction of sp³-hybridized carbons (Fsp3) is 0.533. The van der Waals surface area contributed by atoms with E-state index < -0.39 is 36.0 Å². The molecule has 3 fully saturated rings. The normalized spacial score (nSPS) is 20.4. The number of hydrogen-bond donors (Lipinski definition) is 1. The lowest BCUT2D eigenvalue weighted by atomic mass is 9.94. The molecule has 1 amide bonds. The minimum Gasteiger partial charge on any atom is -0.493 e. The lowest BCUT2D eigenvalue weighted by Gasteiger charge is -2.38. The van der Waals surface area contributed by atoms with E-state index in [1.807, 2.05) is 13.8 Å². The van der Waals surface area contributed by atoms with Crippen LogP contribution in [0.1, 0.15) is 73.0 Å². The number of halogens is 6. The Morgan fingerprint density at radius 3 is 2.23 bits per heavy atom. The highest BCUT2D eigenvalue weighted by atomic mass is 35.5. The second-order valence-electron chi connectivity index (χ2n) is 10.7. The number of piperidine rings is 1. The molecule has 2 atom stereocenters. The Kier molecular flexibility index (Phi) is 10.8. The number of aliphatic carboxylic acids is 1. The Bertz CT molecular complexity index is 1300. The molecule has 1 unspecified atom stereocenters. The number of carboxylic acid groups (broad SMARTS) is 1. The molecule has 13 heteroatoms. The predicted molar refractivity (Wildman–Crippen MR) is 153 cm³/mol. The number of carbonyl (C=O) groups is 2. The van der Waals surface area contributed by atoms with E-state index in [0.29, 0.717) is 18.4 Å². The molecule has 43 heavy (non-hydrogen) atoms. The van der Waals surface area contributed by atoms with Gasteiger partial charge in [0.1, 0.15) is 24.3 Å². The van der Waals surface area contributed by atoms with Gasteiger partial charge in [0.2, 0.25) is 0 Å². The van der Waals surface area contributed by atoms with Crippen molar-refractivity contribution < 1.29 is 41.7 Å². The van der Waals surface area contributed by atoms with Crippen LogP contribution in [0, 0.1) is 11.7 Å². The largest absolute Gasteiger partial charge is 0.493 e. The molecule has 1 aliphatic carbocycles. The molecule has 0 bridgehead atoms. The Morgan fingerprint density at radius 1 is 1.05 bits per heavy atom. The topological polar surface area (TPSA) is 79.3 Å². The minimum atomic E-state index is -4.53. The SMILES string of the molecule is CC.O=C(O)[C@@H]1COCN1C(=O)c1cc(C2CC2)c(OCC2CCN(C(c3cc(Cl)cc(Cl)c3)C(F)(F)F)CC2)cc1F. The molecule has 1 saturated carbocycles. The molecule has 0 aromatic heterocycles. The van der Waals surface area contributed by atoms with E-state index in [9.17, 15) is 27.9 Å². The van der Waals surface area contributed by atoms with Crippen molar-refractivity contribution in [1.29, 1.82) is 0 Å². The third kappa shape index (κ3) is 7.92. The molecule has 2 heterocycles. The van der Waals surface area contributed by atoms with Gasteiger partial charge in [-0.1, -0.05) is 37.0 Å². The van der Waals surface area contributed by atoms with Gasteiger partial charge in [-0.2, -0.15) is 13.2 Å². The lowest BCUT2D eigenvalue weighted by Crippen LogP contribution is -2.44. The fourth-order valence-electron chi connectivity index (χ4n) is 5.50. The smallest absolute Gasteiger partial charge is 0.408 e. The van der Waals surface area contributed by atoms with Gasteiger partial charge < -0.3 is 14.6 Å². The molecule has 236 valence electrons. The van der Waals surface area contributed by atoms with Crippen molar-refractivity contribution in [3.05, 3.63) is 62.9 Å². The molecule has 5 rings (SSSR count). The molecular weight excluding hydrogens is 615 g/mol. The third-order valence-electron chi connectivity index (χ3n) is 7.77. The van der Waals surface area contributed by atoms with Crippen LogP contribution in [0.3, 0.4) is 0 Å². The van der Waals surface area contributed by atoms with E-state index in [4.69, 9.17) is 32.7 Å². The molecule has 0 radical (unpaired) electrons. The Labute approximate surface area is 257 Å². The first-order chi connectivity index (χ1) is 20.4. The first kappa shape index (κ1) is 33.3. The van der Waals surface area contributed by atoms with E-state index >= 15 is 4.39 Å². The van der Waals surface area contributed by atoms with Crippen LogP contribution < -0.4 is 4.74 Å². The molecule has 7 nitrogen and oxygen atoms in total. The molecule has 2 aliphatic heterocycles. The van der Waals surface area contributed by atoms with Crippen LogP contribution in [0.5, 0.6) is 5.75 Å². The average Bonchev–Trinajstić information content (AvgIpc) is 3.66. The number of likely N-dealkylation sites (tertiary alicyclic amines) is 1. The van der Waals surface area contributed by atoms with Crippen molar-refractivity contribution >= 4 is 35.1 Å². The Balaban J connectivity index is 0.00000207. The van der Waals surface area contributed by atoms with Crippen LogP contribution in [-0.4, -0.2) is 72.0 Å². The predicted octanol–water partition coefficient (Wildman–Crippen LogP) is 7.31. The summed E-state index contributed by atoms with van der Waals surface area (Å²) in [6.45, 7) is 4.10. The van der Waals surface area contributed by atoms with Gasteiger partial charge >= 0.3 is 12.1 Å². The van der Waals surface area contributed by atoms with Crippen LogP contribution in [0.2, 0.25) is 10.0 Å². The van der Waals surface area contributed by atoms with Crippen LogP contribution in [-0.2, 0) is 9.53 Å². The number of ether oxygens (including phenoxy) is 2. The number of hydrogen-bond acceptors (Lipinski definition) is 5. The van der Waals surface area contributed by atoms with Gasteiger partial charge in [0.15, 0.2) is 6.04 Å². The Hall–Kier alpha value is -2.60. The van der Waals surface area contributed by atoms with Gasteiger partial charge in [0, 0.05) is 16.1 Å². The summed E-state index contributed by atoms with van der Waals surface area (Å²) in [5, 5.41) is 9.61. The van der Waals surface area contributed by atoms with E-state index in [0.717, 1.165) is 23.8 Å². The summed E-state index contributed by atoms with van der Waals surface area (Å²) >= 11 is 11.9. The van der Waals surface area contributed by atoms with E-state index in [-0.39, 0.29) is 71.8 Å². The van der Waals surface area contributed by atoms with Crippen LogP contribution in [0.4, 0.5) is 17.6 Å². The molecule has 2 saturated heterocycles. The summed E-state index contributed by atoms with van der Waals surface area (Å²) in [4.78, 5) is 26.8. The summed E-state index contributed by atoms with van der Waals surface area (Å²) in [5.41, 5.74) is 0.400. The summed E-state index contributed by atoms with van der Waals surface area (Å²) in [5.74, 6) is -2.53. The quantitative estimate of drug-likeness (QED) is 0.302. The number of nitrogens with zero attached hydrogens (tertiary/aromatic N) is 2. The monoisotopic (exact) mass is 648 g/mol. The van der Waals surface area contributed by atoms with Crippen LogP contribution >= 0.6 is 23.2 Å². The van der Waals surface area contributed by atoms with Gasteiger partial charge in [0.25, 0.3) is 5.91 Å². The van der Waals surface area contributed by atoms with E-state index in [2.05, 4.69) is 0 Å². The van der Waals surface area contributed by atoms with Crippen LogP contribution in [0.15, 0.2) is 30.3 Å². The number of amides is 1. The van der Waals surface area contributed by atoms with E-state index in [1.165, 1.54) is 29.2 Å². The van der Waals surface area contributed by atoms with Gasteiger partial charge in [-0.05, 0) is 86.0 Å². The highest BCUT2D eigenvalue weighted by Gasteiger charge is 2.46. The summed E-state index contributed by atoms with van der Waals surface area (Å²) in [6, 6.07) is 3.48. The number of carboxylic acids is 1. The summed E-state index contributed by atoms with van der Waals surface area (Å²) < 4.78 is 68.5. The molecule has 3 aliphatic rings. The number of rotatable bonds is 8. The first-order valence-corrected chi connectivity index (χ1v) is 15.0. The van der Waals surface area contributed by atoms with Gasteiger partial charge in [-0.25, -0.2) is 9.18 Å². The van der Waals surface area contributed by atoms with Crippen LogP contribution in [0.25, 0.3) is 0 Å². The van der Waals surface area contributed by atoms with Crippen molar-refractivity contribution in [2.75, 3.05) is 33.0 Å². The van der Waals surface area contributed by atoms with Crippen molar-refractivity contribution in [2.45, 2.75) is 63.7 Å². The maximum atomic E-state index is 15.1. The number of benzene rings is 2. The highest BCUT2D eigenvalue weighted by molar-refractivity contribution is 6.34. The number of alkyl halides is 3. The highest BCUT2D eigenvalue weighted by Crippen LogP contribution is 2.46. The van der Waals surface area contributed by atoms with Crippen molar-refractivity contribution in [3.8, 4) is 5.75 Å². The summed E-state index contributed by atoms with van der Waals surface area (Å²) in [6.07, 6.45) is -1.98. The fourth-order valence-corrected chi connectivity index (χ4v) is 6.04. The van der Waals surface area contributed by atoms with Crippen molar-refractivity contribution in [1.82, 2.24) is 9.80 Å². The molecule has 0 spiro atoms. The average molecular weight is 650 g/mol. The molecule has 2 aromatic rings. The molecule has 1 N–H and O–H groups in total. The second kappa shape index (κ2) is 14.0. The molecule has 2 aromatic carbocycles. The second-order valence-corrected chi connectivity index (χ2v) is 11.6. The third-order valence-corrected chi connectivity index (χ3v) is 8.21. The molecular formula is C30H34Cl2F4N2O5.